The highest BCUT2D eigenvalue weighted by Crippen LogP contribution is 2.32. The predicted octanol–water partition coefficient (Wildman–Crippen LogP) is 3.89. The van der Waals surface area contributed by atoms with Gasteiger partial charge in [-0.3, -0.25) is 0 Å². The van der Waals surface area contributed by atoms with Crippen LogP contribution in [0.3, 0.4) is 0 Å². The van der Waals surface area contributed by atoms with E-state index in [4.69, 9.17) is 0 Å². The predicted molar refractivity (Wildman–Crippen MR) is 76.4 cm³/mol. The number of methoxy groups -OCH3 is 1. The van der Waals surface area contributed by atoms with Gasteiger partial charge in [-0.15, -0.1) is 11.3 Å². The van der Waals surface area contributed by atoms with Gasteiger partial charge >= 0.3 is 5.97 Å². The maximum atomic E-state index is 13.8. The Morgan fingerprint density at radius 3 is 2.70 bits per heavy atom. The Morgan fingerprint density at radius 1 is 1.20 bits per heavy atom. The van der Waals surface area contributed by atoms with E-state index in [1.165, 1.54) is 30.7 Å². The van der Waals surface area contributed by atoms with Gasteiger partial charge in [0.25, 0.3) is 0 Å². The van der Waals surface area contributed by atoms with Crippen LogP contribution < -0.4 is 0 Å². The van der Waals surface area contributed by atoms with Crippen molar-refractivity contribution in [1.29, 1.82) is 0 Å². The summed E-state index contributed by atoms with van der Waals surface area (Å²) in [6.07, 6.45) is 1.48. The summed E-state index contributed by atoms with van der Waals surface area (Å²) in [6.45, 7) is 0. The molecule has 20 heavy (non-hydrogen) atoms. The number of carbonyl (C=O) groups excluding carboxylic acids is 1. The molecule has 0 atom stereocenters. The van der Waals surface area contributed by atoms with Crippen LogP contribution in [0.1, 0.15) is 9.67 Å². The lowest BCUT2D eigenvalue weighted by Gasteiger charge is -2.04. The maximum Gasteiger partial charge on any atom is 0.349 e. The fraction of sp³-hybridized carbons (Fsp3) is 0.0667. The average Bonchev–Trinajstić information content (AvgIpc) is 2.97. The van der Waals surface area contributed by atoms with Crippen LogP contribution in [0.25, 0.3) is 21.3 Å². The van der Waals surface area contributed by atoms with Crippen molar-refractivity contribution < 1.29 is 13.9 Å². The van der Waals surface area contributed by atoms with Gasteiger partial charge in [-0.25, -0.2) is 14.2 Å². The summed E-state index contributed by atoms with van der Waals surface area (Å²) in [5, 5.41) is 1.99. The third-order valence-electron chi connectivity index (χ3n) is 2.99. The van der Waals surface area contributed by atoms with Crippen molar-refractivity contribution in [3.8, 4) is 10.6 Å². The molecule has 1 heterocycles. The number of thiazole rings is 1. The van der Waals surface area contributed by atoms with Gasteiger partial charge in [-0.2, -0.15) is 0 Å². The number of hydrogen-bond donors (Lipinski definition) is 0. The van der Waals surface area contributed by atoms with Crippen molar-refractivity contribution in [2.75, 3.05) is 7.11 Å². The maximum absolute atomic E-state index is 13.8. The number of benzene rings is 2. The Morgan fingerprint density at radius 2 is 1.95 bits per heavy atom. The molecule has 0 bridgehead atoms. The average molecular weight is 287 g/mol. The summed E-state index contributed by atoms with van der Waals surface area (Å²) in [7, 11) is 1.33. The summed E-state index contributed by atoms with van der Waals surface area (Å²) in [5.74, 6) is -0.686. The summed E-state index contributed by atoms with van der Waals surface area (Å²) >= 11 is 1.23. The number of aromatic nitrogens is 1. The topological polar surface area (TPSA) is 39.2 Å². The minimum Gasteiger partial charge on any atom is -0.465 e. The zero-order valence-electron chi connectivity index (χ0n) is 10.6. The van der Waals surface area contributed by atoms with E-state index in [9.17, 15) is 9.18 Å². The van der Waals surface area contributed by atoms with Crippen LogP contribution >= 0.6 is 11.3 Å². The number of fused-ring (bicyclic) bond motifs is 1. The molecule has 0 N–H and O–H groups in total. The van der Waals surface area contributed by atoms with Gasteiger partial charge in [-0.05, 0) is 17.5 Å². The second kappa shape index (κ2) is 5.02. The molecule has 0 radical (unpaired) electrons. The fourth-order valence-corrected chi connectivity index (χ4v) is 2.92. The number of nitrogens with zero attached hydrogens (tertiary/aromatic N) is 1. The minimum atomic E-state index is -0.417. The number of halogens is 1. The summed E-state index contributed by atoms with van der Waals surface area (Å²) in [6, 6.07) is 10.3. The lowest BCUT2D eigenvalue weighted by Crippen LogP contribution is -1.96. The van der Waals surface area contributed by atoms with Gasteiger partial charge in [0, 0.05) is 10.9 Å². The largest absolute Gasteiger partial charge is 0.465 e. The minimum absolute atomic E-state index is 0.269. The smallest absolute Gasteiger partial charge is 0.349 e. The van der Waals surface area contributed by atoms with Gasteiger partial charge < -0.3 is 4.74 Å². The standard InChI is InChI=1S/C15H10FNO2S/c1-19-15(18)13-8-17-14(20-13)11-6-7-12(16)10-5-3-2-4-9(10)11/h2-8H,1H3. The summed E-state index contributed by atoms with van der Waals surface area (Å²) < 4.78 is 18.4. The van der Waals surface area contributed by atoms with Crippen molar-refractivity contribution in [2.45, 2.75) is 0 Å². The fourth-order valence-electron chi connectivity index (χ4n) is 2.04. The molecule has 0 spiro atoms. The molecule has 0 amide bonds. The van der Waals surface area contributed by atoms with E-state index >= 15 is 0 Å². The Bertz CT molecular complexity index is 797. The Hall–Kier alpha value is -2.27. The second-order valence-electron chi connectivity index (χ2n) is 4.16. The van der Waals surface area contributed by atoms with Crippen molar-refractivity contribution in [3.63, 3.8) is 0 Å². The first-order valence-electron chi connectivity index (χ1n) is 5.92. The lowest BCUT2D eigenvalue weighted by molar-refractivity contribution is 0.0606. The van der Waals surface area contributed by atoms with Crippen LogP contribution in [0, 0.1) is 5.82 Å². The van der Waals surface area contributed by atoms with Gasteiger partial charge in [0.1, 0.15) is 15.7 Å². The van der Waals surface area contributed by atoms with E-state index in [0.717, 1.165) is 10.9 Å². The zero-order chi connectivity index (χ0) is 14.1. The molecule has 1 aromatic heterocycles. The van der Waals surface area contributed by atoms with Gasteiger partial charge in [0.2, 0.25) is 0 Å². The first-order chi connectivity index (χ1) is 9.70. The van der Waals surface area contributed by atoms with Crippen LogP contribution in [0.2, 0.25) is 0 Å². The van der Waals surface area contributed by atoms with E-state index < -0.39 is 5.97 Å². The normalized spacial score (nSPS) is 10.7. The molecular weight excluding hydrogens is 277 g/mol. The number of ether oxygens (including phenoxy) is 1. The third-order valence-corrected chi connectivity index (χ3v) is 4.00. The first kappa shape index (κ1) is 12.7. The van der Waals surface area contributed by atoms with E-state index in [2.05, 4.69) is 9.72 Å². The SMILES string of the molecule is COC(=O)c1cnc(-c2ccc(F)c3ccccc23)s1. The molecule has 0 unspecified atom stereocenters. The molecule has 3 nitrogen and oxygen atoms in total. The molecule has 0 fully saturated rings. The van der Waals surface area contributed by atoms with E-state index in [1.807, 2.05) is 12.1 Å². The molecule has 0 saturated heterocycles. The van der Waals surface area contributed by atoms with E-state index in [-0.39, 0.29) is 5.82 Å². The quantitative estimate of drug-likeness (QED) is 0.671. The monoisotopic (exact) mass is 287 g/mol. The lowest BCUT2D eigenvalue weighted by atomic mass is 10.0. The summed E-state index contributed by atoms with van der Waals surface area (Å²) in [5.41, 5.74) is 0.808. The molecule has 2 aromatic carbocycles. The molecule has 0 saturated carbocycles. The van der Waals surface area contributed by atoms with Gasteiger partial charge in [-0.1, -0.05) is 24.3 Å². The van der Waals surface area contributed by atoms with Crippen molar-refractivity contribution >= 4 is 28.1 Å². The molecule has 0 aliphatic rings. The van der Waals surface area contributed by atoms with Crippen molar-refractivity contribution in [3.05, 3.63) is 53.3 Å². The molecule has 5 heteroatoms. The van der Waals surface area contributed by atoms with E-state index in [0.29, 0.717) is 15.3 Å². The molecule has 0 aliphatic heterocycles. The number of rotatable bonds is 2. The van der Waals surface area contributed by atoms with E-state index in [1.54, 1.807) is 18.2 Å². The molecule has 3 aromatic rings. The molecular formula is C15H10FNO2S. The first-order valence-corrected chi connectivity index (χ1v) is 6.74. The van der Waals surface area contributed by atoms with Crippen LogP contribution in [0.5, 0.6) is 0 Å². The van der Waals surface area contributed by atoms with Crippen LogP contribution in [0.15, 0.2) is 42.6 Å². The number of esters is 1. The molecule has 3 rings (SSSR count). The number of carbonyl (C=O) groups is 1. The molecule has 0 aliphatic carbocycles. The van der Waals surface area contributed by atoms with Crippen molar-refractivity contribution in [2.24, 2.45) is 0 Å². The van der Waals surface area contributed by atoms with Crippen LogP contribution in [0.4, 0.5) is 4.39 Å². The van der Waals surface area contributed by atoms with Crippen molar-refractivity contribution in [1.82, 2.24) is 4.98 Å². The third kappa shape index (κ3) is 2.06. The Kier molecular flexibility index (Phi) is 3.20. The zero-order valence-corrected chi connectivity index (χ0v) is 11.4. The highest BCUT2D eigenvalue weighted by Gasteiger charge is 2.14. The highest BCUT2D eigenvalue weighted by molar-refractivity contribution is 7.16. The van der Waals surface area contributed by atoms with Crippen LogP contribution in [-0.4, -0.2) is 18.1 Å². The Labute approximate surface area is 118 Å². The van der Waals surface area contributed by atoms with Gasteiger partial charge in [0.15, 0.2) is 0 Å². The highest BCUT2D eigenvalue weighted by atomic mass is 32.1. The number of hydrogen-bond acceptors (Lipinski definition) is 4. The van der Waals surface area contributed by atoms with Crippen LogP contribution in [-0.2, 0) is 4.74 Å². The summed E-state index contributed by atoms with van der Waals surface area (Å²) in [4.78, 5) is 16.1. The van der Waals surface area contributed by atoms with Gasteiger partial charge in [0.05, 0.1) is 13.3 Å². The molecule has 100 valence electrons. The second-order valence-corrected chi connectivity index (χ2v) is 5.19. The Balaban J connectivity index is 2.17.